The Morgan fingerprint density at radius 1 is 1.00 bits per heavy atom. The highest BCUT2D eigenvalue weighted by molar-refractivity contribution is 8.00. The number of benzene rings is 2. The molecule has 0 aliphatic carbocycles. The number of amides is 2. The van der Waals surface area contributed by atoms with Gasteiger partial charge in [-0.25, -0.2) is 4.68 Å². The molecule has 0 unspecified atom stereocenters. The number of aryl methyl sites for hydroxylation is 1. The number of hydrogen-bond donors (Lipinski definition) is 2. The molecule has 0 radical (unpaired) electrons. The van der Waals surface area contributed by atoms with Gasteiger partial charge in [-0.2, -0.15) is 5.10 Å². The van der Waals surface area contributed by atoms with Crippen molar-refractivity contribution in [3.05, 3.63) is 75.9 Å². The summed E-state index contributed by atoms with van der Waals surface area (Å²) in [5.74, 6) is 0.511. The number of hydrogen-bond acceptors (Lipinski definition) is 4. The number of halogens is 2. The molecule has 156 valence electrons. The fourth-order valence-electron chi connectivity index (χ4n) is 2.63. The molecule has 0 saturated carbocycles. The molecule has 30 heavy (non-hydrogen) atoms. The predicted octanol–water partition coefficient (Wildman–Crippen LogP) is 4.86. The van der Waals surface area contributed by atoms with Gasteiger partial charge in [0.05, 0.1) is 24.2 Å². The molecule has 6 nitrogen and oxygen atoms in total. The van der Waals surface area contributed by atoms with Crippen LogP contribution in [0.25, 0.3) is 0 Å². The lowest BCUT2D eigenvalue weighted by Crippen LogP contribution is -2.20. The summed E-state index contributed by atoms with van der Waals surface area (Å²) in [6.45, 7) is 2.38. The van der Waals surface area contributed by atoms with Crippen molar-refractivity contribution in [2.75, 3.05) is 22.1 Å². The van der Waals surface area contributed by atoms with E-state index >= 15 is 0 Å². The minimum absolute atomic E-state index is 0.147. The van der Waals surface area contributed by atoms with Crippen molar-refractivity contribution in [3.8, 4) is 0 Å². The zero-order valence-corrected chi connectivity index (χ0v) is 18.5. The average molecular weight is 463 g/mol. The van der Waals surface area contributed by atoms with Crippen LogP contribution in [0.15, 0.2) is 54.7 Å². The Balaban J connectivity index is 1.47. The zero-order chi connectivity index (χ0) is 21.5. The zero-order valence-electron chi connectivity index (χ0n) is 16.2. The molecule has 3 rings (SSSR count). The van der Waals surface area contributed by atoms with Crippen LogP contribution in [0.3, 0.4) is 0 Å². The third-order valence-corrected chi connectivity index (χ3v) is 5.64. The number of rotatable bonds is 8. The van der Waals surface area contributed by atoms with Crippen LogP contribution in [0.2, 0.25) is 10.0 Å². The minimum atomic E-state index is -0.216. The van der Waals surface area contributed by atoms with Crippen molar-refractivity contribution in [1.82, 2.24) is 9.78 Å². The normalized spacial score (nSPS) is 10.6. The van der Waals surface area contributed by atoms with Crippen LogP contribution in [0.1, 0.15) is 11.1 Å². The highest BCUT2D eigenvalue weighted by atomic mass is 35.5. The van der Waals surface area contributed by atoms with E-state index < -0.39 is 0 Å². The van der Waals surface area contributed by atoms with Crippen LogP contribution < -0.4 is 10.6 Å². The first-order valence-electron chi connectivity index (χ1n) is 9.10. The van der Waals surface area contributed by atoms with Crippen molar-refractivity contribution in [3.63, 3.8) is 0 Å². The molecule has 1 aromatic heterocycles. The maximum Gasteiger partial charge on any atom is 0.235 e. The van der Waals surface area contributed by atoms with Gasteiger partial charge in [0.15, 0.2) is 0 Å². The average Bonchev–Trinajstić information content (AvgIpc) is 3.12. The summed E-state index contributed by atoms with van der Waals surface area (Å²) in [4.78, 5) is 24.3. The quantitative estimate of drug-likeness (QED) is 0.501. The van der Waals surface area contributed by atoms with Gasteiger partial charge in [0, 0.05) is 21.8 Å². The number of carbonyl (C=O) groups is 2. The van der Waals surface area contributed by atoms with E-state index in [0.29, 0.717) is 22.4 Å². The molecule has 2 N–H and O–H groups in total. The van der Waals surface area contributed by atoms with E-state index in [4.69, 9.17) is 23.2 Å². The lowest BCUT2D eigenvalue weighted by atomic mass is 10.2. The Morgan fingerprint density at radius 2 is 1.70 bits per heavy atom. The second-order valence-electron chi connectivity index (χ2n) is 6.57. The van der Waals surface area contributed by atoms with Gasteiger partial charge in [-0.15, -0.1) is 11.8 Å². The van der Waals surface area contributed by atoms with Gasteiger partial charge in [0.25, 0.3) is 0 Å². The number of carbonyl (C=O) groups excluding carboxylic acids is 2. The Kier molecular flexibility index (Phi) is 7.79. The Hall–Kier alpha value is -2.48. The SMILES string of the molecule is Cc1ccc(NC(=O)CSCC(=O)Nc2ccnn2Cc2ccc(Cl)cc2Cl)cc1. The van der Waals surface area contributed by atoms with Gasteiger partial charge in [-0.3, -0.25) is 9.59 Å². The second kappa shape index (κ2) is 10.5. The largest absolute Gasteiger partial charge is 0.325 e. The summed E-state index contributed by atoms with van der Waals surface area (Å²) < 4.78 is 1.64. The maximum absolute atomic E-state index is 12.3. The van der Waals surface area contributed by atoms with Gasteiger partial charge in [0.2, 0.25) is 11.8 Å². The number of nitrogens with one attached hydrogen (secondary N) is 2. The Morgan fingerprint density at radius 3 is 2.40 bits per heavy atom. The van der Waals surface area contributed by atoms with Gasteiger partial charge < -0.3 is 10.6 Å². The van der Waals surface area contributed by atoms with E-state index in [0.717, 1.165) is 16.8 Å². The van der Waals surface area contributed by atoms with E-state index in [1.54, 1.807) is 29.1 Å². The van der Waals surface area contributed by atoms with Crippen molar-refractivity contribution in [2.24, 2.45) is 0 Å². The van der Waals surface area contributed by atoms with Gasteiger partial charge >= 0.3 is 0 Å². The summed E-state index contributed by atoms with van der Waals surface area (Å²) in [6, 6.07) is 14.5. The van der Waals surface area contributed by atoms with E-state index in [1.165, 1.54) is 11.8 Å². The van der Waals surface area contributed by atoms with Crippen molar-refractivity contribution >= 4 is 58.3 Å². The van der Waals surface area contributed by atoms with Crippen LogP contribution in [-0.2, 0) is 16.1 Å². The van der Waals surface area contributed by atoms with Gasteiger partial charge in [0.1, 0.15) is 5.82 Å². The molecule has 0 saturated heterocycles. The van der Waals surface area contributed by atoms with Crippen LogP contribution in [-0.4, -0.2) is 33.1 Å². The van der Waals surface area contributed by atoms with Crippen molar-refractivity contribution in [2.45, 2.75) is 13.5 Å². The number of anilines is 2. The molecule has 0 aliphatic rings. The first kappa shape index (κ1) is 22.2. The summed E-state index contributed by atoms with van der Waals surface area (Å²) >= 11 is 13.4. The highest BCUT2D eigenvalue weighted by Gasteiger charge is 2.11. The first-order chi connectivity index (χ1) is 14.4. The fourth-order valence-corrected chi connectivity index (χ4v) is 3.71. The molecule has 3 aromatic rings. The van der Waals surface area contributed by atoms with Crippen molar-refractivity contribution in [1.29, 1.82) is 0 Å². The smallest absolute Gasteiger partial charge is 0.235 e. The monoisotopic (exact) mass is 462 g/mol. The molecule has 2 aromatic carbocycles. The van der Waals surface area contributed by atoms with Crippen LogP contribution in [0.4, 0.5) is 11.5 Å². The number of nitrogens with zero attached hydrogens (tertiary/aromatic N) is 2. The van der Waals surface area contributed by atoms with E-state index in [-0.39, 0.29) is 23.3 Å². The fraction of sp³-hybridized carbons (Fsp3) is 0.190. The van der Waals surface area contributed by atoms with E-state index in [9.17, 15) is 9.59 Å². The Bertz CT molecular complexity index is 1040. The molecule has 0 spiro atoms. The van der Waals surface area contributed by atoms with Crippen LogP contribution in [0, 0.1) is 6.92 Å². The molecule has 2 amide bonds. The first-order valence-corrected chi connectivity index (χ1v) is 11.0. The highest BCUT2D eigenvalue weighted by Crippen LogP contribution is 2.22. The molecule has 0 fully saturated rings. The lowest BCUT2D eigenvalue weighted by molar-refractivity contribution is -0.114. The standard InChI is InChI=1S/C21H20Cl2N4O2S/c1-14-2-6-17(7-3-14)25-20(28)12-30-13-21(29)26-19-8-9-24-27(19)11-15-4-5-16(22)10-18(15)23/h2-10H,11-13H2,1H3,(H,25,28)(H,26,29). The maximum atomic E-state index is 12.3. The third kappa shape index (κ3) is 6.52. The molecule has 1 heterocycles. The van der Waals surface area contributed by atoms with Crippen LogP contribution in [0.5, 0.6) is 0 Å². The van der Waals surface area contributed by atoms with Gasteiger partial charge in [-0.05, 0) is 36.8 Å². The molecular weight excluding hydrogens is 443 g/mol. The topological polar surface area (TPSA) is 76.0 Å². The molecule has 0 atom stereocenters. The summed E-state index contributed by atoms with van der Waals surface area (Å²) in [7, 11) is 0. The minimum Gasteiger partial charge on any atom is -0.325 e. The predicted molar refractivity (Wildman–Crippen MR) is 124 cm³/mol. The second-order valence-corrected chi connectivity index (χ2v) is 8.39. The van der Waals surface area contributed by atoms with E-state index in [2.05, 4.69) is 15.7 Å². The van der Waals surface area contributed by atoms with Crippen molar-refractivity contribution < 1.29 is 9.59 Å². The number of thioether (sulfide) groups is 1. The third-order valence-electron chi connectivity index (χ3n) is 4.12. The van der Waals surface area contributed by atoms with Gasteiger partial charge in [-0.1, -0.05) is 47.0 Å². The molecule has 0 aliphatic heterocycles. The summed E-state index contributed by atoms with van der Waals surface area (Å²) in [5.41, 5.74) is 2.69. The Labute approximate surface area is 188 Å². The van der Waals surface area contributed by atoms with Crippen LogP contribution >= 0.6 is 35.0 Å². The molecule has 9 heteroatoms. The van der Waals surface area contributed by atoms with E-state index in [1.807, 2.05) is 37.3 Å². The number of aromatic nitrogens is 2. The molecule has 0 bridgehead atoms. The molecular formula is C21H20Cl2N4O2S. The summed E-state index contributed by atoms with van der Waals surface area (Å²) in [5, 5.41) is 10.9. The lowest BCUT2D eigenvalue weighted by Gasteiger charge is -2.10. The summed E-state index contributed by atoms with van der Waals surface area (Å²) in [6.07, 6.45) is 1.60.